The van der Waals surface area contributed by atoms with Crippen molar-refractivity contribution >= 4 is 23.2 Å². The molecule has 1 heterocycles. The summed E-state index contributed by atoms with van der Waals surface area (Å²) in [6.07, 6.45) is 3.80. The highest BCUT2D eigenvalue weighted by Gasteiger charge is 2.24. The van der Waals surface area contributed by atoms with Crippen LogP contribution in [0.1, 0.15) is 38.7 Å². The van der Waals surface area contributed by atoms with Crippen LogP contribution in [0.3, 0.4) is 0 Å². The van der Waals surface area contributed by atoms with E-state index in [4.69, 9.17) is 23.2 Å². The molecule has 1 aliphatic heterocycles. The molecule has 0 bridgehead atoms. The SMILES string of the molecule is CC1CCCC(C)N1NCc1c(Cl)cccc1Cl. The van der Waals surface area contributed by atoms with Crippen molar-refractivity contribution in [2.75, 3.05) is 0 Å². The van der Waals surface area contributed by atoms with Crippen molar-refractivity contribution in [2.24, 2.45) is 0 Å². The third kappa shape index (κ3) is 3.18. The number of hydrogen-bond acceptors (Lipinski definition) is 2. The van der Waals surface area contributed by atoms with E-state index in [1.54, 1.807) is 0 Å². The average molecular weight is 287 g/mol. The zero-order valence-corrected chi connectivity index (χ0v) is 12.4. The van der Waals surface area contributed by atoms with Crippen LogP contribution in [-0.4, -0.2) is 17.1 Å². The summed E-state index contributed by atoms with van der Waals surface area (Å²) >= 11 is 12.4. The first-order valence-corrected chi connectivity index (χ1v) is 7.30. The Morgan fingerprint density at radius 1 is 1.17 bits per heavy atom. The molecule has 0 aliphatic carbocycles. The van der Waals surface area contributed by atoms with Crippen LogP contribution in [0.4, 0.5) is 0 Å². The molecule has 1 aromatic carbocycles. The Bertz CT molecular complexity index is 379. The van der Waals surface area contributed by atoms with E-state index < -0.39 is 0 Å². The van der Waals surface area contributed by atoms with Gasteiger partial charge in [-0.15, -0.1) is 0 Å². The van der Waals surface area contributed by atoms with Gasteiger partial charge in [0.25, 0.3) is 0 Å². The van der Waals surface area contributed by atoms with E-state index >= 15 is 0 Å². The third-order valence-electron chi connectivity index (χ3n) is 3.69. The number of hydrogen-bond donors (Lipinski definition) is 1. The minimum atomic E-state index is 0.565. The topological polar surface area (TPSA) is 15.3 Å². The first-order chi connectivity index (χ1) is 8.59. The van der Waals surface area contributed by atoms with Gasteiger partial charge in [0, 0.05) is 34.2 Å². The van der Waals surface area contributed by atoms with Gasteiger partial charge in [-0.3, -0.25) is 5.43 Å². The highest BCUT2D eigenvalue weighted by Crippen LogP contribution is 2.25. The number of hydrazine groups is 1. The van der Waals surface area contributed by atoms with Gasteiger partial charge < -0.3 is 0 Å². The van der Waals surface area contributed by atoms with Gasteiger partial charge in [-0.1, -0.05) is 35.7 Å². The summed E-state index contributed by atoms with van der Waals surface area (Å²) in [7, 11) is 0. The van der Waals surface area contributed by atoms with Crippen molar-refractivity contribution in [3.05, 3.63) is 33.8 Å². The molecule has 1 saturated heterocycles. The molecular formula is C14H20Cl2N2. The van der Waals surface area contributed by atoms with Crippen molar-refractivity contribution in [1.29, 1.82) is 0 Å². The molecule has 100 valence electrons. The van der Waals surface area contributed by atoms with Gasteiger partial charge in [-0.25, -0.2) is 5.01 Å². The molecular weight excluding hydrogens is 267 g/mol. The summed E-state index contributed by atoms with van der Waals surface area (Å²) in [4.78, 5) is 0. The predicted molar refractivity (Wildman–Crippen MR) is 77.9 cm³/mol. The maximum Gasteiger partial charge on any atom is 0.0466 e. The fourth-order valence-electron chi connectivity index (χ4n) is 2.60. The third-order valence-corrected chi connectivity index (χ3v) is 4.40. The van der Waals surface area contributed by atoms with Gasteiger partial charge in [-0.2, -0.15) is 0 Å². The normalized spacial score (nSPS) is 25.3. The van der Waals surface area contributed by atoms with Crippen molar-refractivity contribution < 1.29 is 0 Å². The van der Waals surface area contributed by atoms with Gasteiger partial charge in [0.1, 0.15) is 0 Å². The van der Waals surface area contributed by atoms with Crippen LogP contribution in [0.2, 0.25) is 10.0 Å². The molecule has 1 aliphatic rings. The molecule has 2 nitrogen and oxygen atoms in total. The number of nitrogens with one attached hydrogen (secondary N) is 1. The fourth-order valence-corrected chi connectivity index (χ4v) is 3.14. The molecule has 2 rings (SSSR count). The molecule has 0 saturated carbocycles. The molecule has 1 N–H and O–H groups in total. The maximum absolute atomic E-state index is 6.18. The number of benzene rings is 1. The molecule has 4 heteroatoms. The highest BCUT2D eigenvalue weighted by molar-refractivity contribution is 6.35. The van der Waals surface area contributed by atoms with Gasteiger partial charge in [-0.05, 0) is 38.8 Å². The molecule has 0 spiro atoms. The fraction of sp³-hybridized carbons (Fsp3) is 0.571. The van der Waals surface area contributed by atoms with Gasteiger partial charge in [0.05, 0.1) is 0 Å². The molecule has 1 aromatic rings. The summed E-state index contributed by atoms with van der Waals surface area (Å²) in [5.74, 6) is 0. The lowest BCUT2D eigenvalue weighted by Crippen LogP contribution is -2.51. The standard InChI is InChI=1S/C14H20Cl2N2/c1-10-5-3-6-11(2)18(10)17-9-12-13(15)7-4-8-14(12)16/h4,7-8,10-11,17H,3,5-6,9H2,1-2H3. The quantitative estimate of drug-likeness (QED) is 0.893. The van der Waals surface area contributed by atoms with E-state index in [-0.39, 0.29) is 0 Å². The largest absolute Gasteiger partial charge is 0.250 e. The second kappa shape index (κ2) is 6.25. The Morgan fingerprint density at radius 3 is 2.28 bits per heavy atom. The molecule has 0 radical (unpaired) electrons. The van der Waals surface area contributed by atoms with E-state index in [2.05, 4.69) is 24.3 Å². The van der Waals surface area contributed by atoms with Crippen LogP contribution >= 0.6 is 23.2 Å². The van der Waals surface area contributed by atoms with E-state index in [1.165, 1.54) is 19.3 Å². The zero-order chi connectivity index (χ0) is 13.1. The van der Waals surface area contributed by atoms with Gasteiger partial charge in [0.2, 0.25) is 0 Å². The summed E-state index contributed by atoms with van der Waals surface area (Å²) in [6, 6.07) is 6.77. The van der Waals surface area contributed by atoms with Crippen LogP contribution in [0.25, 0.3) is 0 Å². The number of rotatable bonds is 3. The summed E-state index contributed by atoms with van der Waals surface area (Å²) in [6.45, 7) is 5.21. The van der Waals surface area contributed by atoms with E-state index in [9.17, 15) is 0 Å². The molecule has 0 amide bonds. The zero-order valence-electron chi connectivity index (χ0n) is 10.9. The number of halogens is 2. The lowest BCUT2D eigenvalue weighted by atomic mass is 10.00. The average Bonchev–Trinajstić information content (AvgIpc) is 2.31. The Hall–Kier alpha value is -0.280. The summed E-state index contributed by atoms with van der Waals surface area (Å²) in [5, 5.41) is 3.79. The lowest BCUT2D eigenvalue weighted by molar-refractivity contribution is 0.0436. The monoisotopic (exact) mass is 286 g/mol. The van der Waals surface area contributed by atoms with Gasteiger partial charge >= 0.3 is 0 Å². The first kappa shape index (κ1) is 14.1. The second-order valence-corrected chi connectivity index (χ2v) is 5.89. The molecule has 1 fully saturated rings. The van der Waals surface area contributed by atoms with Crippen LogP contribution in [0.15, 0.2) is 18.2 Å². The van der Waals surface area contributed by atoms with Crippen LogP contribution in [0.5, 0.6) is 0 Å². The van der Waals surface area contributed by atoms with E-state index in [1.807, 2.05) is 18.2 Å². The highest BCUT2D eigenvalue weighted by atomic mass is 35.5. The Morgan fingerprint density at radius 2 is 1.72 bits per heavy atom. The van der Waals surface area contributed by atoms with E-state index in [0.29, 0.717) is 18.6 Å². The Kier molecular flexibility index (Phi) is 4.91. The smallest absolute Gasteiger partial charge is 0.0466 e. The predicted octanol–water partition coefficient (Wildman–Crippen LogP) is 4.26. The van der Waals surface area contributed by atoms with Crippen molar-refractivity contribution in [1.82, 2.24) is 10.4 Å². The van der Waals surface area contributed by atoms with Crippen LogP contribution in [0, 0.1) is 0 Å². The van der Waals surface area contributed by atoms with Crippen molar-refractivity contribution in [3.63, 3.8) is 0 Å². The van der Waals surface area contributed by atoms with Gasteiger partial charge in [0.15, 0.2) is 0 Å². The summed E-state index contributed by atoms with van der Waals surface area (Å²) < 4.78 is 0. The first-order valence-electron chi connectivity index (χ1n) is 6.54. The Labute approximate surface area is 119 Å². The van der Waals surface area contributed by atoms with Crippen molar-refractivity contribution in [3.8, 4) is 0 Å². The molecule has 2 atom stereocenters. The molecule has 18 heavy (non-hydrogen) atoms. The van der Waals surface area contributed by atoms with Crippen LogP contribution < -0.4 is 5.43 Å². The number of piperidine rings is 1. The van der Waals surface area contributed by atoms with E-state index in [0.717, 1.165) is 15.6 Å². The number of nitrogens with zero attached hydrogens (tertiary/aromatic N) is 1. The van der Waals surface area contributed by atoms with Crippen molar-refractivity contribution in [2.45, 2.75) is 51.7 Å². The minimum Gasteiger partial charge on any atom is -0.250 e. The lowest BCUT2D eigenvalue weighted by Gasteiger charge is -2.39. The van der Waals surface area contributed by atoms with Crippen LogP contribution in [-0.2, 0) is 6.54 Å². The summed E-state index contributed by atoms with van der Waals surface area (Å²) in [5.41, 5.74) is 4.46. The maximum atomic E-state index is 6.18. The minimum absolute atomic E-state index is 0.565. The second-order valence-electron chi connectivity index (χ2n) is 5.07. The molecule has 0 aromatic heterocycles. The Balaban J connectivity index is 2.02. The molecule has 2 unspecified atom stereocenters.